The van der Waals surface area contributed by atoms with Crippen molar-refractivity contribution in [1.82, 2.24) is 0 Å². The third-order valence-electron chi connectivity index (χ3n) is 3.77. The molecule has 4 rings (SSSR count). The first kappa shape index (κ1) is 13.1. The summed E-state index contributed by atoms with van der Waals surface area (Å²) >= 11 is 7.07. The molecule has 2 aliphatic heterocycles. The first-order valence-corrected chi connectivity index (χ1v) is 7.64. The van der Waals surface area contributed by atoms with E-state index in [1.807, 2.05) is 30.4 Å². The van der Waals surface area contributed by atoms with Gasteiger partial charge >= 0.3 is 5.97 Å². The Balaban J connectivity index is 2.13. The summed E-state index contributed by atoms with van der Waals surface area (Å²) in [5.41, 5.74) is 2.20. The summed E-state index contributed by atoms with van der Waals surface area (Å²) in [6, 6.07) is 8.04. The molecule has 3 aliphatic rings. The van der Waals surface area contributed by atoms with Crippen LogP contribution < -0.4 is 0 Å². The van der Waals surface area contributed by atoms with Crippen molar-refractivity contribution >= 4 is 43.9 Å². The topological polar surface area (TPSA) is 26.3 Å². The monoisotopic (exact) mass is 382 g/mol. The van der Waals surface area contributed by atoms with Gasteiger partial charge in [0.2, 0.25) is 0 Å². The lowest BCUT2D eigenvalue weighted by Crippen LogP contribution is -2.51. The summed E-state index contributed by atoms with van der Waals surface area (Å²) in [6.45, 7) is 3.85. The van der Waals surface area contributed by atoms with E-state index in [2.05, 4.69) is 44.5 Å². The summed E-state index contributed by atoms with van der Waals surface area (Å²) in [4.78, 5) is 12.1. The van der Waals surface area contributed by atoms with E-state index in [-0.39, 0.29) is 18.0 Å². The summed E-state index contributed by atoms with van der Waals surface area (Å²) in [7, 11) is 0. The number of alkyl halides is 1. The van der Waals surface area contributed by atoms with Crippen LogP contribution in [0.3, 0.4) is 0 Å². The van der Waals surface area contributed by atoms with Crippen LogP contribution >= 0.6 is 31.9 Å². The number of carbonyl (C=O) groups is 1. The fourth-order valence-electron chi connectivity index (χ4n) is 2.78. The third kappa shape index (κ3) is 1.93. The highest BCUT2D eigenvalue weighted by Gasteiger charge is 2.54. The molecule has 2 nitrogen and oxygen atoms in total. The molecule has 0 unspecified atom stereocenters. The maximum Gasteiger partial charge on any atom is 0.328 e. The maximum absolute atomic E-state index is 12.1. The number of fused-ring (bicyclic) bond motifs is 2. The second kappa shape index (κ2) is 4.60. The highest BCUT2D eigenvalue weighted by Crippen LogP contribution is 2.52. The van der Waals surface area contributed by atoms with Crippen molar-refractivity contribution in [1.29, 1.82) is 0 Å². The zero-order valence-corrected chi connectivity index (χ0v) is 13.3. The van der Waals surface area contributed by atoms with Crippen molar-refractivity contribution in [2.75, 3.05) is 0 Å². The Kier molecular flexibility index (Phi) is 3.18. The predicted octanol–water partition coefficient (Wildman–Crippen LogP) is 4.15. The van der Waals surface area contributed by atoms with Gasteiger partial charge in [-0.05, 0) is 23.6 Å². The number of hydrogen-bond acceptors (Lipinski definition) is 2. The van der Waals surface area contributed by atoms with E-state index in [4.69, 9.17) is 4.74 Å². The Labute approximate surface area is 128 Å². The quantitative estimate of drug-likeness (QED) is 0.566. The minimum absolute atomic E-state index is 0.0641. The molecule has 1 aromatic carbocycles. The fraction of sp³-hybridized carbons (Fsp3) is 0.267. The van der Waals surface area contributed by atoms with Gasteiger partial charge in [-0.25, -0.2) is 0 Å². The van der Waals surface area contributed by atoms with Gasteiger partial charge in [-0.2, -0.15) is 0 Å². The SMILES string of the molecule is C=Cc1ccccc1[C@H]1C[C@@H]2OC(=O)[C@]1(Br)C=C2Br. The molecule has 4 heteroatoms. The number of ether oxygens (including phenoxy) is 1. The van der Waals surface area contributed by atoms with E-state index < -0.39 is 4.32 Å². The van der Waals surface area contributed by atoms with Crippen molar-refractivity contribution < 1.29 is 9.53 Å². The molecule has 1 aromatic rings. The number of halogens is 2. The van der Waals surface area contributed by atoms with Gasteiger partial charge in [0.15, 0.2) is 0 Å². The van der Waals surface area contributed by atoms with E-state index in [9.17, 15) is 4.79 Å². The normalized spacial score (nSPS) is 32.7. The Morgan fingerprint density at radius 2 is 2.16 bits per heavy atom. The van der Waals surface area contributed by atoms with Crippen LogP contribution in [0.15, 0.2) is 41.4 Å². The average molecular weight is 384 g/mol. The molecule has 19 heavy (non-hydrogen) atoms. The molecule has 0 aromatic heterocycles. The largest absolute Gasteiger partial charge is 0.456 e. The molecule has 3 atom stereocenters. The van der Waals surface area contributed by atoms with Crippen LogP contribution in [0.2, 0.25) is 0 Å². The van der Waals surface area contributed by atoms with Crippen molar-refractivity contribution in [3.05, 3.63) is 52.5 Å². The lowest BCUT2D eigenvalue weighted by molar-refractivity contribution is -0.155. The number of rotatable bonds is 2. The molecule has 1 fully saturated rings. The van der Waals surface area contributed by atoms with Crippen molar-refractivity contribution in [3.63, 3.8) is 0 Å². The zero-order chi connectivity index (χ0) is 13.6. The molecule has 0 saturated carbocycles. The van der Waals surface area contributed by atoms with Gasteiger partial charge in [0, 0.05) is 10.4 Å². The molecule has 0 N–H and O–H groups in total. The zero-order valence-electron chi connectivity index (χ0n) is 10.1. The van der Waals surface area contributed by atoms with E-state index >= 15 is 0 Å². The fourth-order valence-corrected chi connectivity index (χ4v) is 4.51. The summed E-state index contributed by atoms with van der Waals surface area (Å²) in [5, 5.41) is 0. The van der Waals surface area contributed by atoms with Gasteiger partial charge in [-0.15, -0.1) is 0 Å². The molecule has 2 bridgehead atoms. The Hall–Kier alpha value is -0.870. The number of benzene rings is 1. The van der Waals surface area contributed by atoms with E-state index in [1.54, 1.807) is 0 Å². The van der Waals surface area contributed by atoms with E-state index in [1.165, 1.54) is 0 Å². The van der Waals surface area contributed by atoms with Crippen LogP contribution in [0, 0.1) is 0 Å². The van der Waals surface area contributed by atoms with E-state index in [0.717, 1.165) is 22.0 Å². The molecule has 1 saturated heterocycles. The number of hydrogen-bond donors (Lipinski definition) is 0. The molecule has 98 valence electrons. The lowest BCUT2D eigenvalue weighted by Gasteiger charge is -2.44. The molecule has 2 heterocycles. The summed E-state index contributed by atoms with van der Waals surface area (Å²) < 4.78 is 5.56. The Bertz CT molecular complexity index is 594. The van der Waals surface area contributed by atoms with Gasteiger partial charge in [0.1, 0.15) is 10.4 Å². The molecule has 0 spiro atoms. The van der Waals surface area contributed by atoms with Crippen LogP contribution in [-0.2, 0) is 9.53 Å². The van der Waals surface area contributed by atoms with Crippen molar-refractivity contribution in [2.45, 2.75) is 22.8 Å². The van der Waals surface area contributed by atoms with Crippen LogP contribution in [0.5, 0.6) is 0 Å². The first-order chi connectivity index (χ1) is 9.06. The van der Waals surface area contributed by atoms with Crippen LogP contribution in [0.1, 0.15) is 23.5 Å². The van der Waals surface area contributed by atoms with Gasteiger partial charge in [0.25, 0.3) is 0 Å². The summed E-state index contributed by atoms with van der Waals surface area (Å²) in [5.74, 6) is -0.148. The Morgan fingerprint density at radius 3 is 2.89 bits per heavy atom. The van der Waals surface area contributed by atoms with Gasteiger partial charge in [-0.1, -0.05) is 68.8 Å². The van der Waals surface area contributed by atoms with Crippen LogP contribution in [-0.4, -0.2) is 16.4 Å². The second-order valence-electron chi connectivity index (χ2n) is 4.81. The predicted molar refractivity (Wildman–Crippen MR) is 82.4 cm³/mol. The standard InChI is InChI=1S/C15H12Br2O2/c1-2-9-5-3-4-6-10(9)11-7-13-12(16)8-15(11,17)14(18)19-13/h2-6,8,11,13H,1,7H2/t11-,13+,15+/m1/s1. The number of carbonyl (C=O) groups excluding carboxylic acids is 1. The third-order valence-corrected chi connectivity index (χ3v) is 5.61. The lowest BCUT2D eigenvalue weighted by atomic mass is 9.74. The van der Waals surface area contributed by atoms with Gasteiger partial charge in [0.05, 0.1) is 0 Å². The maximum atomic E-state index is 12.1. The van der Waals surface area contributed by atoms with Crippen LogP contribution in [0.4, 0.5) is 0 Å². The number of esters is 1. The smallest absolute Gasteiger partial charge is 0.328 e. The van der Waals surface area contributed by atoms with Gasteiger partial charge in [-0.3, -0.25) is 4.79 Å². The molecule has 1 aliphatic carbocycles. The minimum atomic E-state index is -0.778. The molecular weight excluding hydrogens is 372 g/mol. The highest BCUT2D eigenvalue weighted by molar-refractivity contribution is 9.12. The highest BCUT2D eigenvalue weighted by atomic mass is 79.9. The van der Waals surface area contributed by atoms with Gasteiger partial charge < -0.3 is 4.74 Å². The first-order valence-electron chi connectivity index (χ1n) is 6.06. The molecular formula is C15H12Br2O2. The molecule has 0 radical (unpaired) electrons. The minimum Gasteiger partial charge on any atom is -0.456 e. The van der Waals surface area contributed by atoms with Crippen molar-refractivity contribution in [2.24, 2.45) is 0 Å². The Morgan fingerprint density at radius 1 is 1.42 bits per heavy atom. The summed E-state index contributed by atoms with van der Waals surface area (Å²) in [6.07, 6.45) is 4.36. The average Bonchev–Trinajstić information content (AvgIpc) is 2.40. The van der Waals surface area contributed by atoms with Crippen LogP contribution in [0.25, 0.3) is 6.08 Å². The molecule has 0 amide bonds. The van der Waals surface area contributed by atoms with E-state index in [0.29, 0.717) is 0 Å². The van der Waals surface area contributed by atoms with Crippen molar-refractivity contribution in [3.8, 4) is 0 Å². The second-order valence-corrected chi connectivity index (χ2v) is 7.04.